The third kappa shape index (κ3) is 5.62. The molecule has 1 unspecified atom stereocenters. The molecule has 13 nitrogen and oxygen atoms in total. The molecule has 1 saturated heterocycles. The number of carbonyl (C=O) groups is 3. The summed E-state index contributed by atoms with van der Waals surface area (Å²) in [7, 11) is 0. The van der Waals surface area contributed by atoms with Crippen LogP contribution in [0.1, 0.15) is 52.3 Å². The molecule has 0 radical (unpaired) electrons. The van der Waals surface area contributed by atoms with E-state index in [1.165, 1.54) is 24.4 Å². The van der Waals surface area contributed by atoms with Crippen molar-refractivity contribution in [3.8, 4) is 40.3 Å². The Bertz CT molecular complexity index is 2070. The molecule has 13 heteroatoms. The molecule has 46 heavy (non-hydrogen) atoms. The summed E-state index contributed by atoms with van der Waals surface area (Å²) < 4.78 is 7.95. The number of aromatic carboxylic acids is 1. The van der Waals surface area contributed by atoms with Gasteiger partial charge in [0.25, 0.3) is 11.8 Å². The lowest BCUT2D eigenvalue weighted by Gasteiger charge is -2.21. The second-order valence-electron chi connectivity index (χ2n) is 10.3. The van der Waals surface area contributed by atoms with E-state index in [1.54, 1.807) is 58.9 Å². The SMILES string of the molecule is CC#CC(=O)N1CCCC1c1nc(-c2ccc(C(=O)Nc3ccccn3)cc2Oc2ccc(O)cc2C(=O)O)c2c(N)nccn12. The second kappa shape index (κ2) is 12.3. The molecule has 3 aromatic heterocycles. The number of phenols is 1. The average Bonchev–Trinajstić information content (AvgIpc) is 3.68. The number of carboxylic acids is 1. The summed E-state index contributed by atoms with van der Waals surface area (Å²) in [6, 6.07) is 13.0. The highest BCUT2D eigenvalue weighted by molar-refractivity contribution is 6.05. The van der Waals surface area contributed by atoms with Crippen LogP contribution in [0.25, 0.3) is 16.8 Å². The van der Waals surface area contributed by atoms with Gasteiger partial charge in [-0.15, -0.1) is 0 Å². The largest absolute Gasteiger partial charge is 0.508 e. The van der Waals surface area contributed by atoms with Gasteiger partial charge in [-0.25, -0.2) is 19.7 Å². The summed E-state index contributed by atoms with van der Waals surface area (Å²) in [6.07, 6.45) is 6.16. The van der Waals surface area contributed by atoms with Gasteiger partial charge in [0, 0.05) is 36.3 Å². The standard InChI is InChI=1S/C33H27N7O6/c1-2-6-27(42)39-15-5-7-23(39)31-38-28(29-30(34)36-14-16-40(29)31)21-11-9-19(32(43)37-26-8-3-4-13-35-26)17-25(21)46-24-12-10-20(41)18-22(24)33(44)45/h3-4,8-14,16-18,23,41H,5,7,15H2,1H3,(H2,34,36)(H,44,45)(H,35,37,43). The Morgan fingerprint density at radius 1 is 1.07 bits per heavy atom. The fourth-order valence-corrected chi connectivity index (χ4v) is 5.43. The van der Waals surface area contributed by atoms with Crippen LogP contribution in [-0.4, -0.2) is 58.8 Å². The monoisotopic (exact) mass is 617 g/mol. The molecule has 1 fully saturated rings. The zero-order valence-corrected chi connectivity index (χ0v) is 24.5. The van der Waals surface area contributed by atoms with Gasteiger partial charge in [-0.2, -0.15) is 0 Å². The van der Waals surface area contributed by atoms with Gasteiger partial charge in [0.15, 0.2) is 0 Å². The van der Waals surface area contributed by atoms with Gasteiger partial charge in [-0.3, -0.25) is 14.0 Å². The van der Waals surface area contributed by atoms with Crippen LogP contribution in [0.4, 0.5) is 11.6 Å². The smallest absolute Gasteiger partial charge is 0.339 e. The predicted molar refractivity (Wildman–Crippen MR) is 167 cm³/mol. The van der Waals surface area contributed by atoms with Gasteiger partial charge in [0.1, 0.15) is 51.5 Å². The molecule has 0 spiro atoms. The van der Waals surface area contributed by atoms with Crippen molar-refractivity contribution < 1.29 is 29.3 Å². The Balaban J connectivity index is 1.52. The zero-order valence-electron chi connectivity index (χ0n) is 24.5. The molecule has 0 saturated carbocycles. The number of benzene rings is 2. The summed E-state index contributed by atoms with van der Waals surface area (Å²) in [5.41, 5.74) is 7.41. The number of nitrogens with one attached hydrogen (secondary N) is 1. The lowest BCUT2D eigenvalue weighted by molar-refractivity contribution is -0.126. The average molecular weight is 618 g/mol. The van der Waals surface area contributed by atoms with E-state index >= 15 is 0 Å². The Morgan fingerprint density at radius 3 is 2.67 bits per heavy atom. The van der Waals surface area contributed by atoms with E-state index in [9.17, 15) is 24.6 Å². The first-order valence-corrected chi connectivity index (χ1v) is 14.2. The van der Waals surface area contributed by atoms with E-state index in [0.29, 0.717) is 41.4 Å². The zero-order chi connectivity index (χ0) is 32.4. The van der Waals surface area contributed by atoms with Gasteiger partial charge in [-0.1, -0.05) is 12.0 Å². The fraction of sp³-hybridized carbons (Fsp3) is 0.152. The number of carbonyl (C=O) groups excluding carboxylic acids is 2. The minimum absolute atomic E-state index is 0.0767. The molecular weight excluding hydrogens is 590 g/mol. The highest BCUT2D eigenvalue weighted by atomic mass is 16.5. The molecule has 0 bridgehead atoms. The Kier molecular flexibility index (Phi) is 7.92. The van der Waals surface area contributed by atoms with Crippen molar-refractivity contribution in [3.05, 3.63) is 90.1 Å². The number of amides is 2. The molecule has 6 rings (SSSR count). The number of pyridine rings is 1. The molecule has 4 heterocycles. The number of phenolic OH excluding ortho intramolecular Hbond substituents is 1. The number of rotatable bonds is 7. The Labute approximate surface area is 262 Å². The molecular formula is C33H27N7O6. The summed E-state index contributed by atoms with van der Waals surface area (Å²) >= 11 is 0. The van der Waals surface area contributed by atoms with Crippen LogP contribution in [0.15, 0.2) is 73.2 Å². The number of ether oxygens (including phenoxy) is 1. The molecule has 1 aliphatic heterocycles. The highest BCUT2D eigenvalue weighted by Crippen LogP contribution is 2.41. The van der Waals surface area contributed by atoms with Crippen LogP contribution in [0, 0.1) is 11.8 Å². The number of aromatic nitrogens is 4. The molecule has 5 aromatic rings. The number of nitrogens with zero attached hydrogens (tertiary/aromatic N) is 5. The second-order valence-corrected chi connectivity index (χ2v) is 10.3. The Hall–Kier alpha value is -6.42. The third-order valence-corrected chi connectivity index (χ3v) is 7.47. The van der Waals surface area contributed by atoms with Crippen LogP contribution in [0.2, 0.25) is 0 Å². The number of aromatic hydroxyl groups is 1. The number of nitrogens with two attached hydrogens (primary N) is 1. The van der Waals surface area contributed by atoms with Crippen LogP contribution in [-0.2, 0) is 4.79 Å². The van der Waals surface area contributed by atoms with Crippen molar-refractivity contribution in [3.63, 3.8) is 0 Å². The number of hydrogen-bond donors (Lipinski definition) is 4. The van der Waals surface area contributed by atoms with Crippen LogP contribution >= 0.6 is 0 Å². The number of nitrogen functional groups attached to an aromatic ring is 1. The van der Waals surface area contributed by atoms with Crippen molar-refractivity contribution in [2.24, 2.45) is 0 Å². The number of hydrogen-bond acceptors (Lipinski definition) is 9. The van der Waals surface area contributed by atoms with E-state index in [-0.39, 0.29) is 40.1 Å². The van der Waals surface area contributed by atoms with E-state index in [4.69, 9.17) is 15.5 Å². The number of anilines is 2. The van der Waals surface area contributed by atoms with E-state index in [1.807, 2.05) is 0 Å². The number of imidazole rings is 1. The van der Waals surface area contributed by atoms with Gasteiger partial charge in [-0.05, 0) is 74.2 Å². The van der Waals surface area contributed by atoms with Crippen molar-refractivity contribution in [1.82, 2.24) is 24.3 Å². The van der Waals surface area contributed by atoms with Crippen molar-refractivity contribution in [2.75, 3.05) is 17.6 Å². The first-order valence-electron chi connectivity index (χ1n) is 14.2. The molecule has 1 aliphatic rings. The molecule has 2 amide bonds. The van der Waals surface area contributed by atoms with Gasteiger partial charge in [0.05, 0.1) is 6.04 Å². The number of likely N-dealkylation sites (tertiary alicyclic amines) is 1. The van der Waals surface area contributed by atoms with Crippen molar-refractivity contribution >= 4 is 34.9 Å². The van der Waals surface area contributed by atoms with Gasteiger partial charge < -0.3 is 30.9 Å². The summed E-state index contributed by atoms with van der Waals surface area (Å²) in [5.74, 6) is 3.87. The third-order valence-electron chi connectivity index (χ3n) is 7.47. The topological polar surface area (TPSA) is 185 Å². The van der Waals surface area contributed by atoms with E-state index in [2.05, 4.69) is 27.1 Å². The molecule has 2 aromatic carbocycles. The molecule has 0 aliphatic carbocycles. The predicted octanol–water partition coefficient (Wildman–Crippen LogP) is 4.51. The normalized spacial score (nSPS) is 14.0. The van der Waals surface area contributed by atoms with E-state index < -0.39 is 17.9 Å². The molecule has 1 atom stereocenters. The van der Waals surface area contributed by atoms with Crippen molar-refractivity contribution in [2.45, 2.75) is 25.8 Å². The number of fused-ring (bicyclic) bond motifs is 1. The maximum absolute atomic E-state index is 13.3. The van der Waals surface area contributed by atoms with Crippen LogP contribution in [0.5, 0.6) is 17.2 Å². The lowest BCUT2D eigenvalue weighted by Crippen LogP contribution is -2.30. The summed E-state index contributed by atoms with van der Waals surface area (Å²) in [5, 5.41) is 22.5. The minimum Gasteiger partial charge on any atom is -0.508 e. The van der Waals surface area contributed by atoms with Crippen LogP contribution in [0.3, 0.4) is 0 Å². The van der Waals surface area contributed by atoms with E-state index in [0.717, 1.165) is 12.5 Å². The van der Waals surface area contributed by atoms with Gasteiger partial charge >= 0.3 is 5.97 Å². The van der Waals surface area contributed by atoms with Crippen LogP contribution < -0.4 is 15.8 Å². The first-order chi connectivity index (χ1) is 22.2. The maximum atomic E-state index is 13.3. The quantitative estimate of drug-likeness (QED) is 0.189. The Morgan fingerprint density at radius 2 is 1.91 bits per heavy atom. The molecule has 230 valence electrons. The van der Waals surface area contributed by atoms with Crippen molar-refractivity contribution in [1.29, 1.82) is 0 Å². The van der Waals surface area contributed by atoms with Gasteiger partial charge in [0.2, 0.25) is 0 Å². The fourth-order valence-electron chi connectivity index (χ4n) is 5.43. The number of carboxylic acid groups (broad SMARTS) is 1. The minimum atomic E-state index is -1.33. The summed E-state index contributed by atoms with van der Waals surface area (Å²) in [6.45, 7) is 2.11. The lowest BCUT2D eigenvalue weighted by atomic mass is 10.1. The summed E-state index contributed by atoms with van der Waals surface area (Å²) in [4.78, 5) is 53.2. The maximum Gasteiger partial charge on any atom is 0.339 e. The molecule has 5 N–H and O–H groups in total. The first kappa shape index (κ1) is 29.6. The highest BCUT2D eigenvalue weighted by Gasteiger charge is 2.34.